The molecular weight excluding hydrogens is 158 g/mol. The van der Waals surface area contributed by atoms with Crippen molar-refractivity contribution in [2.24, 2.45) is 5.41 Å². The van der Waals surface area contributed by atoms with Crippen LogP contribution < -0.4 is 0 Å². The largest absolute Gasteiger partial charge is 0.313 e. The van der Waals surface area contributed by atoms with Crippen LogP contribution in [0.2, 0.25) is 0 Å². The minimum Gasteiger partial charge on any atom is -0.313 e. The summed E-state index contributed by atoms with van der Waals surface area (Å²) < 4.78 is 0. The Hall–Kier alpha value is -0.800. The monoisotopic (exact) mass is 175 g/mol. The van der Waals surface area contributed by atoms with E-state index in [2.05, 4.69) is 11.8 Å². The summed E-state index contributed by atoms with van der Waals surface area (Å²) in [6.45, 7) is 6.32. The predicted octanol–water partition coefficient (Wildman–Crippen LogP) is 2.41. The fourth-order valence-electron chi connectivity index (χ4n) is 1.16. The number of hydrogen-bond donors (Lipinski definition) is 0. The SMILES string of the molecule is CCCC(C)(CC)CO[N+](=O)[O-]. The highest BCUT2D eigenvalue weighted by Crippen LogP contribution is 2.27. The maximum atomic E-state index is 9.95. The van der Waals surface area contributed by atoms with Gasteiger partial charge in [-0.3, -0.25) is 0 Å². The molecular formula is C8H17NO3. The number of nitrogens with zero attached hydrogens (tertiary/aromatic N) is 1. The van der Waals surface area contributed by atoms with Crippen LogP contribution in [0.1, 0.15) is 40.0 Å². The van der Waals surface area contributed by atoms with Gasteiger partial charge < -0.3 is 4.84 Å². The van der Waals surface area contributed by atoms with Gasteiger partial charge in [0.15, 0.2) is 0 Å². The van der Waals surface area contributed by atoms with Crippen molar-refractivity contribution in [2.75, 3.05) is 6.61 Å². The first-order valence-electron chi connectivity index (χ1n) is 4.31. The molecule has 1 unspecified atom stereocenters. The van der Waals surface area contributed by atoms with Gasteiger partial charge >= 0.3 is 0 Å². The van der Waals surface area contributed by atoms with Gasteiger partial charge in [-0.25, -0.2) is 0 Å². The first-order chi connectivity index (χ1) is 5.54. The standard InChI is InChI=1S/C8H17NO3/c1-4-6-8(3,5-2)7-12-9(10)11/h4-7H2,1-3H3. The van der Waals surface area contributed by atoms with Crippen LogP contribution in [0, 0.1) is 15.5 Å². The van der Waals surface area contributed by atoms with E-state index in [0.29, 0.717) is 0 Å². The molecule has 0 aliphatic heterocycles. The van der Waals surface area contributed by atoms with Crippen molar-refractivity contribution in [1.82, 2.24) is 0 Å². The Labute approximate surface area is 73.0 Å². The maximum absolute atomic E-state index is 9.95. The summed E-state index contributed by atoms with van der Waals surface area (Å²) in [5.74, 6) is 0. The molecule has 0 radical (unpaired) electrons. The summed E-state index contributed by atoms with van der Waals surface area (Å²) in [6, 6.07) is 0. The third-order valence-corrected chi connectivity index (χ3v) is 2.23. The smallest absolute Gasteiger partial charge is 0.294 e. The normalized spacial score (nSPS) is 15.2. The van der Waals surface area contributed by atoms with Crippen molar-refractivity contribution in [1.29, 1.82) is 0 Å². The van der Waals surface area contributed by atoms with Crippen LogP contribution in [0.15, 0.2) is 0 Å². The fourth-order valence-corrected chi connectivity index (χ4v) is 1.16. The van der Waals surface area contributed by atoms with E-state index < -0.39 is 5.09 Å². The molecule has 12 heavy (non-hydrogen) atoms. The van der Waals surface area contributed by atoms with Gasteiger partial charge in [-0.2, -0.15) is 0 Å². The topological polar surface area (TPSA) is 52.4 Å². The van der Waals surface area contributed by atoms with Gasteiger partial charge in [0.2, 0.25) is 0 Å². The zero-order valence-corrected chi connectivity index (χ0v) is 8.00. The van der Waals surface area contributed by atoms with Crippen molar-refractivity contribution in [3.05, 3.63) is 10.1 Å². The molecule has 0 saturated carbocycles. The van der Waals surface area contributed by atoms with E-state index in [-0.39, 0.29) is 12.0 Å². The molecule has 0 aliphatic carbocycles. The molecule has 4 nitrogen and oxygen atoms in total. The van der Waals surface area contributed by atoms with E-state index in [1.807, 2.05) is 13.8 Å². The summed E-state index contributed by atoms with van der Waals surface area (Å²) in [6.07, 6.45) is 2.91. The molecule has 72 valence electrons. The average molecular weight is 175 g/mol. The molecule has 0 saturated heterocycles. The van der Waals surface area contributed by atoms with Crippen molar-refractivity contribution in [3.63, 3.8) is 0 Å². The molecule has 0 aliphatic rings. The first-order valence-corrected chi connectivity index (χ1v) is 4.31. The van der Waals surface area contributed by atoms with E-state index in [4.69, 9.17) is 0 Å². The van der Waals surface area contributed by atoms with E-state index in [1.54, 1.807) is 0 Å². The minimum atomic E-state index is -0.719. The Morgan fingerprint density at radius 2 is 2.08 bits per heavy atom. The second-order valence-corrected chi connectivity index (χ2v) is 3.41. The lowest BCUT2D eigenvalue weighted by Gasteiger charge is -2.25. The lowest BCUT2D eigenvalue weighted by Crippen LogP contribution is -2.23. The van der Waals surface area contributed by atoms with Gasteiger partial charge in [0.25, 0.3) is 5.09 Å². The van der Waals surface area contributed by atoms with E-state index in [0.717, 1.165) is 19.3 Å². The van der Waals surface area contributed by atoms with Gasteiger partial charge in [0, 0.05) is 0 Å². The molecule has 0 N–H and O–H groups in total. The second kappa shape index (κ2) is 4.95. The Morgan fingerprint density at radius 3 is 2.42 bits per heavy atom. The molecule has 0 fully saturated rings. The summed E-state index contributed by atoms with van der Waals surface area (Å²) in [5, 5.41) is 9.23. The number of hydrogen-bond acceptors (Lipinski definition) is 3. The van der Waals surface area contributed by atoms with Crippen molar-refractivity contribution in [3.8, 4) is 0 Å². The highest BCUT2D eigenvalue weighted by atomic mass is 16.9. The van der Waals surface area contributed by atoms with Crippen molar-refractivity contribution >= 4 is 0 Å². The van der Waals surface area contributed by atoms with Crippen molar-refractivity contribution in [2.45, 2.75) is 40.0 Å². The predicted molar refractivity (Wildman–Crippen MR) is 46.3 cm³/mol. The molecule has 0 aromatic heterocycles. The van der Waals surface area contributed by atoms with E-state index >= 15 is 0 Å². The lowest BCUT2D eigenvalue weighted by atomic mass is 9.84. The maximum Gasteiger partial charge on any atom is 0.294 e. The Bertz CT molecular complexity index is 149. The first kappa shape index (κ1) is 11.2. The van der Waals surface area contributed by atoms with Gasteiger partial charge in [-0.05, 0) is 18.3 Å². The molecule has 0 heterocycles. The highest BCUT2D eigenvalue weighted by molar-refractivity contribution is 4.70. The van der Waals surface area contributed by atoms with E-state index in [1.165, 1.54) is 0 Å². The van der Waals surface area contributed by atoms with Crippen LogP contribution in [0.25, 0.3) is 0 Å². The molecule has 0 bridgehead atoms. The quantitative estimate of drug-likeness (QED) is 0.460. The van der Waals surface area contributed by atoms with Gasteiger partial charge in [-0.1, -0.05) is 27.2 Å². The van der Waals surface area contributed by atoms with Crippen LogP contribution in [-0.2, 0) is 4.84 Å². The fraction of sp³-hybridized carbons (Fsp3) is 1.00. The summed E-state index contributed by atoms with van der Waals surface area (Å²) in [4.78, 5) is 14.3. The Balaban J connectivity index is 3.86. The molecule has 0 amide bonds. The molecule has 0 rings (SSSR count). The zero-order valence-electron chi connectivity index (χ0n) is 8.00. The van der Waals surface area contributed by atoms with Crippen molar-refractivity contribution < 1.29 is 9.92 Å². The molecule has 0 aromatic carbocycles. The van der Waals surface area contributed by atoms with Crippen LogP contribution in [0.3, 0.4) is 0 Å². The highest BCUT2D eigenvalue weighted by Gasteiger charge is 2.22. The van der Waals surface area contributed by atoms with Crippen LogP contribution in [0.4, 0.5) is 0 Å². The summed E-state index contributed by atoms with van der Waals surface area (Å²) in [7, 11) is 0. The second-order valence-electron chi connectivity index (χ2n) is 3.41. The molecule has 0 spiro atoms. The third kappa shape index (κ3) is 4.16. The summed E-state index contributed by atoms with van der Waals surface area (Å²) in [5.41, 5.74) is -0.0399. The lowest BCUT2D eigenvalue weighted by molar-refractivity contribution is -0.761. The molecule has 1 atom stereocenters. The molecule has 0 aromatic rings. The van der Waals surface area contributed by atoms with Crippen LogP contribution in [0.5, 0.6) is 0 Å². The number of rotatable bonds is 6. The van der Waals surface area contributed by atoms with Gasteiger partial charge in [0.1, 0.15) is 6.61 Å². The Morgan fingerprint density at radius 1 is 1.50 bits per heavy atom. The summed E-state index contributed by atoms with van der Waals surface area (Å²) >= 11 is 0. The van der Waals surface area contributed by atoms with Crippen LogP contribution in [-0.4, -0.2) is 11.7 Å². The van der Waals surface area contributed by atoms with Crippen LogP contribution >= 0.6 is 0 Å². The van der Waals surface area contributed by atoms with E-state index in [9.17, 15) is 10.1 Å². The minimum absolute atomic E-state index is 0.0399. The molecule has 4 heteroatoms. The van der Waals surface area contributed by atoms with Gasteiger partial charge in [-0.15, -0.1) is 10.1 Å². The Kier molecular flexibility index (Phi) is 4.62. The zero-order chi connectivity index (χ0) is 9.61. The third-order valence-electron chi connectivity index (χ3n) is 2.23. The average Bonchev–Trinajstić information content (AvgIpc) is 2.02. The van der Waals surface area contributed by atoms with Gasteiger partial charge in [0.05, 0.1) is 0 Å².